The molecule has 0 aliphatic heterocycles. The maximum absolute atomic E-state index is 6.25. The lowest BCUT2D eigenvalue weighted by Crippen LogP contribution is -2.05. The second-order valence-electron chi connectivity index (χ2n) is 5.21. The average Bonchev–Trinajstić information content (AvgIpc) is 2.40. The number of aromatic nitrogens is 2. The van der Waals surface area contributed by atoms with Gasteiger partial charge in [-0.15, -0.1) is 0 Å². The molecule has 0 radical (unpaired) electrons. The van der Waals surface area contributed by atoms with Gasteiger partial charge in [0, 0.05) is 16.5 Å². The summed E-state index contributed by atoms with van der Waals surface area (Å²) in [6.07, 6.45) is 0. The van der Waals surface area contributed by atoms with Gasteiger partial charge in [-0.3, -0.25) is 0 Å². The second kappa shape index (κ2) is 6.39. The van der Waals surface area contributed by atoms with Crippen LogP contribution in [0.5, 0.6) is 0 Å². The Kier molecular flexibility index (Phi) is 4.97. The van der Waals surface area contributed by atoms with Crippen molar-refractivity contribution < 1.29 is 0 Å². The molecule has 6 heteroatoms. The van der Waals surface area contributed by atoms with E-state index in [4.69, 9.17) is 34.8 Å². The Balaban J connectivity index is 2.46. The van der Waals surface area contributed by atoms with Crippen molar-refractivity contribution in [1.82, 2.24) is 9.97 Å². The zero-order valence-corrected chi connectivity index (χ0v) is 14.5. The van der Waals surface area contributed by atoms with E-state index in [2.05, 4.69) is 15.3 Å². The molecule has 0 spiro atoms. The van der Waals surface area contributed by atoms with E-state index in [0.717, 1.165) is 11.1 Å². The first kappa shape index (κ1) is 16.3. The van der Waals surface area contributed by atoms with Crippen molar-refractivity contribution in [1.29, 1.82) is 0 Å². The standard InChI is InChI=1S/C15H16Cl3N3/c1-7(2)14-20-13(18)9(4)15(21-14)19-12-6-10(16)8(3)5-11(12)17/h5-7H,1-4H3,(H,19,20,21). The third kappa shape index (κ3) is 3.60. The van der Waals surface area contributed by atoms with Crippen molar-refractivity contribution in [3.63, 3.8) is 0 Å². The Morgan fingerprint density at radius 3 is 2.29 bits per heavy atom. The van der Waals surface area contributed by atoms with Gasteiger partial charge >= 0.3 is 0 Å². The molecule has 2 aromatic rings. The van der Waals surface area contributed by atoms with Gasteiger partial charge in [-0.25, -0.2) is 9.97 Å². The molecule has 2 rings (SSSR count). The van der Waals surface area contributed by atoms with Gasteiger partial charge < -0.3 is 5.32 Å². The van der Waals surface area contributed by atoms with Crippen molar-refractivity contribution in [2.75, 3.05) is 5.32 Å². The van der Waals surface area contributed by atoms with E-state index in [1.807, 2.05) is 33.8 Å². The Hall–Kier alpha value is -1.03. The number of halogens is 3. The van der Waals surface area contributed by atoms with E-state index in [9.17, 15) is 0 Å². The zero-order valence-electron chi connectivity index (χ0n) is 12.3. The Labute approximate surface area is 139 Å². The maximum atomic E-state index is 6.25. The third-order valence-electron chi connectivity index (χ3n) is 3.12. The normalized spacial score (nSPS) is 11.0. The number of nitrogens with zero attached hydrogens (tertiary/aromatic N) is 2. The molecular formula is C15H16Cl3N3. The van der Waals surface area contributed by atoms with Crippen LogP contribution in [0.15, 0.2) is 12.1 Å². The topological polar surface area (TPSA) is 37.8 Å². The van der Waals surface area contributed by atoms with Gasteiger partial charge in [0.05, 0.1) is 10.7 Å². The van der Waals surface area contributed by atoms with E-state index in [0.29, 0.717) is 32.5 Å². The van der Waals surface area contributed by atoms with Gasteiger partial charge in [0.1, 0.15) is 16.8 Å². The molecule has 3 nitrogen and oxygen atoms in total. The molecular weight excluding hydrogens is 329 g/mol. The predicted molar refractivity (Wildman–Crippen MR) is 90.3 cm³/mol. The number of hydrogen-bond donors (Lipinski definition) is 1. The molecule has 0 saturated carbocycles. The molecule has 1 N–H and O–H groups in total. The first-order valence-electron chi connectivity index (χ1n) is 6.56. The summed E-state index contributed by atoms with van der Waals surface area (Å²) in [4.78, 5) is 8.80. The number of nitrogens with one attached hydrogen (secondary N) is 1. The highest BCUT2D eigenvalue weighted by atomic mass is 35.5. The summed E-state index contributed by atoms with van der Waals surface area (Å²) in [7, 11) is 0. The van der Waals surface area contributed by atoms with E-state index in [1.165, 1.54) is 0 Å². The maximum Gasteiger partial charge on any atom is 0.138 e. The summed E-state index contributed by atoms with van der Waals surface area (Å²) in [5.41, 5.74) is 2.39. The SMILES string of the molecule is Cc1cc(Cl)c(Nc2nc(C(C)C)nc(Cl)c2C)cc1Cl. The molecule has 0 unspecified atom stereocenters. The van der Waals surface area contributed by atoms with Crippen LogP contribution < -0.4 is 5.32 Å². The van der Waals surface area contributed by atoms with Gasteiger partial charge in [0.15, 0.2) is 0 Å². The van der Waals surface area contributed by atoms with Crippen molar-refractivity contribution >= 4 is 46.3 Å². The van der Waals surface area contributed by atoms with E-state index < -0.39 is 0 Å². The minimum atomic E-state index is 0.181. The number of rotatable bonds is 3. The Morgan fingerprint density at radius 1 is 1.00 bits per heavy atom. The predicted octanol–water partition coefficient (Wildman–Crippen LogP) is 5.92. The molecule has 0 aliphatic rings. The van der Waals surface area contributed by atoms with Crippen LogP contribution >= 0.6 is 34.8 Å². The molecule has 0 amide bonds. The monoisotopic (exact) mass is 343 g/mol. The molecule has 1 heterocycles. The van der Waals surface area contributed by atoms with Gasteiger partial charge in [-0.2, -0.15) is 0 Å². The third-order valence-corrected chi connectivity index (χ3v) is 4.21. The van der Waals surface area contributed by atoms with Crippen LogP contribution in [0, 0.1) is 13.8 Å². The lowest BCUT2D eigenvalue weighted by Gasteiger charge is -2.14. The summed E-state index contributed by atoms with van der Waals surface area (Å²) in [5.74, 6) is 1.50. The van der Waals surface area contributed by atoms with Crippen LogP contribution in [-0.2, 0) is 0 Å². The summed E-state index contributed by atoms with van der Waals surface area (Å²) < 4.78 is 0. The van der Waals surface area contributed by atoms with Crippen LogP contribution in [0.1, 0.15) is 36.7 Å². The molecule has 1 aromatic carbocycles. The summed E-state index contributed by atoms with van der Waals surface area (Å²) in [6, 6.07) is 3.59. The smallest absolute Gasteiger partial charge is 0.138 e. The fraction of sp³-hybridized carbons (Fsp3) is 0.333. The Bertz CT molecular complexity index is 684. The first-order chi connectivity index (χ1) is 9.79. The second-order valence-corrected chi connectivity index (χ2v) is 6.38. The van der Waals surface area contributed by atoms with Gasteiger partial charge in [0.2, 0.25) is 0 Å². The lowest BCUT2D eigenvalue weighted by atomic mass is 10.2. The Morgan fingerprint density at radius 2 is 1.67 bits per heavy atom. The molecule has 0 aliphatic carbocycles. The summed E-state index contributed by atoms with van der Waals surface area (Å²) in [5, 5.41) is 4.85. The highest BCUT2D eigenvalue weighted by molar-refractivity contribution is 6.36. The quantitative estimate of drug-likeness (QED) is 0.702. The lowest BCUT2D eigenvalue weighted by molar-refractivity contribution is 0.773. The number of hydrogen-bond acceptors (Lipinski definition) is 3. The van der Waals surface area contributed by atoms with Crippen LogP contribution in [0.25, 0.3) is 0 Å². The minimum absolute atomic E-state index is 0.181. The van der Waals surface area contributed by atoms with Crippen molar-refractivity contribution in [2.45, 2.75) is 33.6 Å². The highest BCUT2D eigenvalue weighted by Crippen LogP contribution is 2.32. The van der Waals surface area contributed by atoms with E-state index in [1.54, 1.807) is 6.07 Å². The molecule has 0 atom stereocenters. The van der Waals surface area contributed by atoms with Crippen LogP contribution in [0.2, 0.25) is 15.2 Å². The largest absolute Gasteiger partial charge is 0.339 e. The molecule has 112 valence electrons. The average molecular weight is 345 g/mol. The zero-order chi connectivity index (χ0) is 15.7. The molecule has 0 bridgehead atoms. The number of aryl methyl sites for hydroxylation is 1. The van der Waals surface area contributed by atoms with Crippen molar-refractivity contribution in [3.8, 4) is 0 Å². The van der Waals surface area contributed by atoms with E-state index in [-0.39, 0.29) is 5.92 Å². The molecule has 0 fully saturated rings. The number of anilines is 2. The molecule has 0 saturated heterocycles. The molecule has 1 aromatic heterocycles. The first-order valence-corrected chi connectivity index (χ1v) is 7.69. The minimum Gasteiger partial charge on any atom is -0.339 e. The van der Waals surface area contributed by atoms with Crippen LogP contribution in [-0.4, -0.2) is 9.97 Å². The van der Waals surface area contributed by atoms with Gasteiger partial charge in [-0.1, -0.05) is 48.7 Å². The van der Waals surface area contributed by atoms with Crippen molar-refractivity contribution in [3.05, 3.63) is 44.3 Å². The summed E-state index contributed by atoms with van der Waals surface area (Å²) >= 11 is 18.6. The van der Waals surface area contributed by atoms with E-state index >= 15 is 0 Å². The molecule has 21 heavy (non-hydrogen) atoms. The van der Waals surface area contributed by atoms with Crippen LogP contribution in [0.3, 0.4) is 0 Å². The number of benzene rings is 1. The highest BCUT2D eigenvalue weighted by Gasteiger charge is 2.13. The summed E-state index contributed by atoms with van der Waals surface area (Å²) in [6.45, 7) is 7.79. The van der Waals surface area contributed by atoms with Crippen molar-refractivity contribution in [2.24, 2.45) is 0 Å². The van der Waals surface area contributed by atoms with Gasteiger partial charge in [-0.05, 0) is 31.5 Å². The fourth-order valence-corrected chi connectivity index (χ4v) is 2.36. The van der Waals surface area contributed by atoms with Gasteiger partial charge in [0.25, 0.3) is 0 Å². The van der Waals surface area contributed by atoms with Crippen LogP contribution in [0.4, 0.5) is 11.5 Å². The fourth-order valence-electron chi connectivity index (χ4n) is 1.76.